The lowest BCUT2D eigenvalue weighted by molar-refractivity contribution is 0.262. The number of piperidine rings is 1. The van der Waals surface area contributed by atoms with E-state index in [1.165, 1.54) is 25.0 Å². The highest BCUT2D eigenvalue weighted by Gasteiger charge is 2.17. The molecule has 4 rings (SSSR count). The van der Waals surface area contributed by atoms with E-state index in [1.54, 1.807) is 18.2 Å². The Bertz CT molecular complexity index is 1020. The first kappa shape index (κ1) is 19.8. The SMILES string of the molecule is CC1CCN(c2ccc(-c3cccc(NC(=O)Nc4ccccc4F)c3)nn2)CC1. The molecule has 0 radical (unpaired) electrons. The Kier molecular flexibility index (Phi) is 5.88. The molecular formula is C23H24FN5O. The van der Waals surface area contributed by atoms with Crippen LogP contribution in [0.4, 0.5) is 26.4 Å². The van der Waals surface area contributed by atoms with Crippen molar-refractivity contribution < 1.29 is 9.18 Å². The van der Waals surface area contributed by atoms with Crippen LogP contribution in [0.5, 0.6) is 0 Å². The second kappa shape index (κ2) is 8.90. The topological polar surface area (TPSA) is 70.2 Å². The molecule has 0 bridgehead atoms. The van der Waals surface area contributed by atoms with Gasteiger partial charge in [0.25, 0.3) is 0 Å². The van der Waals surface area contributed by atoms with Gasteiger partial charge in [0.15, 0.2) is 5.82 Å². The second-order valence-corrected chi connectivity index (χ2v) is 7.59. The number of halogens is 1. The Morgan fingerprint density at radius 1 is 1.00 bits per heavy atom. The number of hydrogen-bond donors (Lipinski definition) is 2. The molecule has 1 fully saturated rings. The number of urea groups is 1. The number of nitrogens with one attached hydrogen (secondary N) is 2. The summed E-state index contributed by atoms with van der Waals surface area (Å²) in [5, 5.41) is 14.0. The predicted molar refractivity (Wildman–Crippen MR) is 117 cm³/mol. The molecule has 0 atom stereocenters. The van der Waals surface area contributed by atoms with Gasteiger partial charge in [0.1, 0.15) is 5.82 Å². The van der Waals surface area contributed by atoms with Crippen LogP contribution in [0.1, 0.15) is 19.8 Å². The molecule has 6 nitrogen and oxygen atoms in total. The van der Waals surface area contributed by atoms with Crippen molar-refractivity contribution in [3.63, 3.8) is 0 Å². The molecule has 7 heteroatoms. The van der Waals surface area contributed by atoms with Gasteiger partial charge in [-0.15, -0.1) is 10.2 Å². The first-order valence-electron chi connectivity index (χ1n) is 10.1. The maximum Gasteiger partial charge on any atom is 0.323 e. The number of para-hydroxylation sites is 1. The molecule has 154 valence electrons. The summed E-state index contributed by atoms with van der Waals surface area (Å²) in [5.41, 5.74) is 2.27. The van der Waals surface area contributed by atoms with Crippen molar-refractivity contribution >= 4 is 23.2 Å². The highest BCUT2D eigenvalue weighted by molar-refractivity contribution is 6.00. The molecule has 0 aliphatic carbocycles. The summed E-state index contributed by atoms with van der Waals surface area (Å²) in [6.45, 7) is 4.29. The van der Waals surface area contributed by atoms with Gasteiger partial charge in [-0.1, -0.05) is 31.2 Å². The van der Waals surface area contributed by atoms with Crippen LogP contribution in [0.25, 0.3) is 11.3 Å². The van der Waals surface area contributed by atoms with E-state index in [1.807, 2.05) is 30.3 Å². The predicted octanol–water partition coefficient (Wildman–Crippen LogP) is 5.16. The minimum absolute atomic E-state index is 0.125. The standard InChI is InChI=1S/C23H24FN5O/c1-16-11-13-29(14-12-16)22-10-9-20(27-28-22)17-5-4-6-18(15-17)25-23(30)26-21-8-3-2-7-19(21)24/h2-10,15-16H,11-14H2,1H3,(H2,25,26,30). The fourth-order valence-corrected chi connectivity index (χ4v) is 3.49. The highest BCUT2D eigenvalue weighted by Crippen LogP contribution is 2.24. The van der Waals surface area contributed by atoms with Gasteiger partial charge in [0, 0.05) is 24.3 Å². The molecule has 2 N–H and O–H groups in total. The van der Waals surface area contributed by atoms with Gasteiger partial charge in [-0.05, 0) is 55.2 Å². The molecule has 0 saturated carbocycles. The third-order valence-electron chi connectivity index (χ3n) is 5.30. The number of anilines is 3. The van der Waals surface area contributed by atoms with E-state index >= 15 is 0 Å². The summed E-state index contributed by atoms with van der Waals surface area (Å²) < 4.78 is 13.7. The molecule has 0 spiro atoms. The molecule has 1 aliphatic rings. The maximum absolute atomic E-state index is 13.7. The fourth-order valence-electron chi connectivity index (χ4n) is 3.49. The Balaban J connectivity index is 1.43. The van der Waals surface area contributed by atoms with E-state index in [9.17, 15) is 9.18 Å². The Hall–Kier alpha value is -3.48. The van der Waals surface area contributed by atoms with Crippen molar-refractivity contribution in [2.75, 3.05) is 28.6 Å². The zero-order valence-corrected chi connectivity index (χ0v) is 16.8. The lowest BCUT2D eigenvalue weighted by atomic mass is 9.99. The summed E-state index contributed by atoms with van der Waals surface area (Å²) in [4.78, 5) is 14.5. The molecule has 2 amide bonds. The number of carbonyl (C=O) groups excluding carboxylic acids is 1. The molecule has 2 aromatic carbocycles. The van der Waals surface area contributed by atoms with Crippen molar-refractivity contribution in [1.82, 2.24) is 10.2 Å². The van der Waals surface area contributed by atoms with Gasteiger partial charge in [-0.2, -0.15) is 0 Å². The van der Waals surface area contributed by atoms with Gasteiger partial charge in [-0.3, -0.25) is 0 Å². The van der Waals surface area contributed by atoms with E-state index in [0.29, 0.717) is 5.69 Å². The quantitative estimate of drug-likeness (QED) is 0.629. The molecule has 1 aromatic heterocycles. The Morgan fingerprint density at radius 3 is 2.53 bits per heavy atom. The number of amides is 2. The maximum atomic E-state index is 13.7. The summed E-state index contributed by atoms with van der Waals surface area (Å²) in [5.74, 6) is 1.17. The molecule has 0 unspecified atom stereocenters. The molecule has 1 saturated heterocycles. The average Bonchev–Trinajstić information content (AvgIpc) is 2.76. The zero-order chi connectivity index (χ0) is 20.9. The lowest BCUT2D eigenvalue weighted by Crippen LogP contribution is -2.33. The van der Waals surface area contributed by atoms with Gasteiger partial charge in [-0.25, -0.2) is 9.18 Å². The molecular weight excluding hydrogens is 381 g/mol. The Labute approximate surface area is 175 Å². The zero-order valence-electron chi connectivity index (χ0n) is 16.8. The van der Waals surface area contributed by atoms with Crippen molar-refractivity contribution in [1.29, 1.82) is 0 Å². The third-order valence-corrected chi connectivity index (χ3v) is 5.30. The van der Waals surface area contributed by atoms with E-state index in [0.717, 1.165) is 36.1 Å². The summed E-state index contributed by atoms with van der Waals surface area (Å²) in [6, 6.07) is 16.8. The van der Waals surface area contributed by atoms with Crippen LogP contribution in [0.3, 0.4) is 0 Å². The van der Waals surface area contributed by atoms with Crippen molar-refractivity contribution in [3.8, 4) is 11.3 Å². The van der Waals surface area contributed by atoms with Gasteiger partial charge < -0.3 is 15.5 Å². The summed E-state index contributed by atoms with van der Waals surface area (Å²) >= 11 is 0. The number of aromatic nitrogens is 2. The van der Waals surface area contributed by atoms with Crippen molar-refractivity contribution in [2.24, 2.45) is 5.92 Å². The third kappa shape index (κ3) is 4.74. The first-order chi connectivity index (χ1) is 14.6. The van der Waals surface area contributed by atoms with Crippen molar-refractivity contribution in [2.45, 2.75) is 19.8 Å². The number of benzene rings is 2. The summed E-state index contributed by atoms with van der Waals surface area (Å²) in [6.07, 6.45) is 2.35. The van der Waals surface area contributed by atoms with Crippen LogP contribution in [0.2, 0.25) is 0 Å². The molecule has 1 aliphatic heterocycles. The first-order valence-corrected chi connectivity index (χ1v) is 10.1. The summed E-state index contributed by atoms with van der Waals surface area (Å²) in [7, 11) is 0. The van der Waals surface area contributed by atoms with Crippen LogP contribution in [-0.2, 0) is 0 Å². The van der Waals surface area contributed by atoms with Crippen LogP contribution in [-0.4, -0.2) is 29.3 Å². The lowest BCUT2D eigenvalue weighted by Gasteiger charge is -2.30. The number of hydrogen-bond acceptors (Lipinski definition) is 4. The number of rotatable bonds is 4. The normalized spacial score (nSPS) is 14.4. The van der Waals surface area contributed by atoms with E-state index in [-0.39, 0.29) is 5.69 Å². The number of nitrogens with zero attached hydrogens (tertiary/aromatic N) is 3. The van der Waals surface area contributed by atoms with Crippen LogP contribution >= 0.6 is 0 Å². The monoisotopic (exact) mass is 405 g/mol. The van der Waals surface area contributed by atoms with Crippen LogP contribution < -0.4 is 15.5 Å². The fraction of sp³-hybridized carbons (Fsp3) is 0.261. The van der Waals surface area contributed by atoms with E-state index in [2.05, 4.69) is 32.7 Å². The minimum atomic E-state index is -0.516. The largest absolute Gasteiger partial charge is 0.355 e. The highest BCUT2D eigenvalue weighted by atomic mass is 19.1. The van der Waals surface area contributed by atoms with Crippen LogP contribution in [0.15, 0.2) is 60.7 Å². The van der Waals surface area contributed by atoms with Crippen LogP contribution in [0, 0.1) is 11.7 Å². The molecule has 30 heavy (non-hydrogen) atoms. The van der Waals surface area contributed by atoms with Gasteiger partial charge in [0.05, 0.1) is 11.4 Å². The molecule has 2 heterocycles. The molecule has 3 aromatic rings. The van der Waals surface area contributed by atoms with Gasteiger partial charge >= 0.3 is 6.03 Å². The second-order valence-electron chi connectivity index (χ2n) is 7.59. The van der Waals surface area contributed by atoms with E-state index < -0.39 is 11.8 Å². The van der Waals surface area contributed by atoms with Gasteiger partial charge in [0.2, 0.25) is 0 Å². The average molecular weight is 405 g/mol. The minimum Gasteiger partial charge on any atom is -0.355 e. The number of carbonyl (C=O) groups is 1. The van der Waals surface area contributed by atoms with Crippen molar-refractivity contribution in [3.05, 3.63) is 66.5 Å². The smallest absolute Gasteiger partial charge is 0.323 e. The Morgan fingerprint density at radius 2 is 1.80 bits per heavy atom. The van der Waals surface area contributed by atoms with E-state index in [4.69, 9.17) is 0 Å².